The van der Waals surface area contributed by atoms with Gasteiger partial charge < -0.3 is 9.47 Å². The number of carbonyl (C=O) groups excluding carboxylic acids is 1. The summed E-state index contributed by atoms with van der Waals surface area (Å²) in [6.07, 6.45) is 0.873. The lowest BCUT2D eigenvalue weighted by molar-refractivity contribution is -0.120. The van der Waals surface area contributed by atoms with Crippen LogP contribution in [-0.2, 0) is 16.0 Å². The van der Waals surface area contributed by atoms with Gasteiger partial charge in [0, 0.05) is 7.11 Å². The smallest absolute Gasteiger partial charge is 0.298 e. The van der Waals surface area contributed by atoms with E-state index in [1.54, 1.807) is 19.2 Å². The highest BCUT2D eigenvalue weighted by molar-refractivity contribution is 5.45. The average molecular weight is 180 g/mol. The Kier molecular flexibility index (Phi) is 3.99. The van der Waals surface area contributed by atoms with Crippen molar-refractivity contribution in [2.75, 3.05) is 13.7 Å². The van der Waals surface area contributed by atoms with Crippen molar-refractivity contribution < 1.29 is 14.3 Å². The molecule has 0 bridgehead atoms. The van der Waals surface area contributed by atoms with Crippen LogP contribution in [0, 0.1) is 0 Å². The molecule has 3 heteroatoms. The monoisotopic (exact) mass is 180 g/mol. The molecule has 0 saturated carbocycles. The van der Waals surface area contributed by atoms with E-state index in [2.05, 4.69) is 4.74 Å². The molecular formula is C10H12O3. The van der Waals surface area contributed by atoms with Gasteiger partial charge in [-0.15, -0.1) is 0 Å². The second kappa shape index (κ2) is 5.32. The van der Waals surface area contributed by atoms with Gasteiger partial charge in [0.25, 0.3) is 6.47 Å². The fourth-order valence-corrected chi connectivity index (χ4v) is 1.01. The Bertz CT molecular complexity index is 253. The van der Waals surface area contributed by atoms with Crippen LogP contribution in [0.1, 0.15) is 5.56 Å². The Hall–Kier alpha value is -1.35. The van der Waals surface area contributed by atoms with Gasteiger partial charge >= 0.3 is 0 Å². The quantitative estimate of drug-likeness (QED) is 0.643. The minimum atomic E-state index is 0.421. The van der Waals surface area contributed by atoms with Crippen molar-refractivity contribution in [2.45, 2.75) is 6.42 Å². The van der Waals surface area contributed by atoms with Gasteiger partial charge in [-0.3, -0.25) is 4.79 Å². The minimum Gasteiger partial charge on any atom is -0.429 e. The Balaban J connectivity index is 2.53. The van der Waals surface area contributed by atoms with Gasteiger partial charge in [0.1, 0.15) is 5.75 Å². The molecule has 0 saturated heterocycles. The van der Waals surface area contributed by atoms with E-state index in [1.165, 1.54) is 5.56 Å². The van der Waals surface area contributed by atoms with E-state index in [1.807, 2.05) is 12.1 Å². The highest BCUT2D eigenvalue weighted by atomic mass is 16.5. The van der Waals surface area contributed by atoms with Crippen LogP contribution in [-0.4, -0.2) is 20.2 Å². The first-order chi connectivity index (χ1) is 6.36. The van der Waals surface area contributed by atoms with Crippen LogP contribution < -0.4 is 4.74 Å². The summed E-state index contributed by atoms with van der Waals surface area (Å²) in [5, 5.41) is 0. The minimum absolute atomic E-state index is 0.421. The normalized spacial score (nSPS) is 9.62. The van der Waals surface area contributed by atoms with E-state index in [9.17, 15) is 4.79 Å². The van der Waals surface area contributed by atoms with E-state index >= 15 is 0 Å². The molecule has 0 amide bonds. The molecule has 0 aliphatic carbocycles. The van der Waals surface area contributed by atoms with Gasteiger partial charge in [-0.05, 0) is 24.1 Å². The number of methoxy groups -OCH3 is 1. The summed E-state index contributed by atoms with van der Waals surface area (Å²) in [4.78, 5) is 9.99. The lowest BCUT2D eigenvalue weighted by Gasteiger charge is -2.01. The maximum atomic E-state index is 9.99. The summed E-state index contributed by atoms with van der Waals surface area (Å²) < 4.78 is 9.59. The van der Waals surface area contributed by atoms with E-state index < -0.39 is 0 Å². The molecule has 0 heterocycles. The van der Waals surface area contributed by atoms with Crippen molar-refractivity contribution in [3.8, 4) is 5.75 Å². The van der Waals surface area contributed by atoms with E-state index in [-0.39, 0.29) is 0 Å². The lowest BCUT2D eigenvalue weighted by atomic mass is 10.1. The van der Waals surface area contributed by atoms with Crippen LogP contribution in [0.25, 0.3) is 0 Å². The van der Waals surface area contributed by atoms with Crippen molar-refractivity contribution in [1.82, 2.24) is 0 Å². The SMILES string of the molecule is COCCc1ccc(OC=O)cc1. The van der Waals surface area contributed by atoms with Crippen LogP contribution in [0.4, 0.5) is 0 Å². The number of hydrogen-bond donors (Lipinski definition) is 0. The molecule has 13 heavy (non-hydrogen) atoms. The zero-order chi connectivity index (χ0) is 9.52. The molecule has 0 aliphatic heterocycles. The molecule has 1 rings (SSSR count). The Morgan fingerprint density at radius 3 is 2.54 bits per heavy atom. The van der Waals surface area contributed by atoms with Crippen molar-refractivity contribution >= 4 is 6.47 Å². The third-order valence-electron chi connectivity index (χ3n) is 1.70. The highest BCUT2D eigenvalue weighted by Crippen LogP contribution is 2.11. The van der Waals surface area contributed by atoms with Crippen molar-refractivity contribution in [3.63, 3.8) is 0 Å². The summed E-state index contributed by atoms with van der Waals surface area (Å²) in [5.74, 6) is 0.566. The summed E-state index contributed by atoms with van der Waals surface area (Å²) >= 11 is 0. The van der Waals surface area contributed by atoms with Gasteiger partial charge in [0.15, 0.2) is 0 Å². The van der Waals surface area contributed by atoms with E-state index in [0.717, 1.165) is 6.42 Å². The first-order valence-electron chi connectivity index (χ1n) is 4.05. The molecule has 70 valence electrons. The van der Waals surface area contributed by atoms with Crippen LogP contribution in [0.15, 0.2) is 24.3 Å². The number of rotatable bonds is 5. The van der Waals surface area contributed by atoms with E-state index in [4.69, 9.17) is 4.74 Å². The molecule has 0 spiro atoms. The van der Waals surface area contributed by atoms with Crippen LogP contribution >= 0.6 is 0 Å². The van der Waals surface area contributed by atoms with Gasteiger partial charge in [-0.1, -0.05) is 12.1 Å². The Morgan fingerprint density at radius 2 is 2.00 bits per heavy atom. The largest absolute Gasteiger partial charge is 0.429 e. The first kappa shape index (κ1) is 9.74. The number of ether oxygens (including phenoxy) is 2. The zero-order valence-corrected chi connectivity index (χ0v) is 7.53. The molecule has 0 N–H and O–H groups in total. The van der Waals surface area contributed by atoms with Gasteiger partial charge in [-0.25, -0.2) is 0 Å². The molecule has 0 atom stereocenters. The van der Waals surface area contributed by atoms with Gasteiger partial charge in [0.05, 0.1) is 6.61 Å². The topological polar surface area (TPSA) is 35.5 Å². The predicted octanol–water partition coefficient (Wildman–Crippen LogP) is 1.41. The highest BCUT2D eigenvalue weighted by Gasteiger charge is 1.94. The second-order valence-electron chi connectivity index (χ2n) is 2.60. The van der Waals surface area contributed by atoms with E-state index in [0.29, 0.717) is 18.8 Å². The third-order valence-corrected chi connectivity index (χ3v) is 1.70. The summed E-state index contributed by atoms with van der Waals surface area (Å²) in [6.45, 7) is 1.12. The number of carbonyl (C=O) groups is 1. The molecule has 0 aromatic heterocycles. The molecule has 0 fully saturated rings. The van der Waals surface area contributed by atoms with Crippen molar-refractivity contribution in [1.29, 1.82) is 0 Å². The lowest BCUT2D eigenvalue weighted by Crippen LogP contribution is -1.94. The molecule has 0 unspecified atom stereocenters. The summed E-state index contributed by atoms with van der Waals surface area (Å²) in [6, 6.07) is 7.36. The van der Waals surface area contributed by atoms with Crippen LogP contribution in [0.2, 0.25) is 0 Å². The number of hydrogen-bond acceptors (Lipinski definition) is 3. The molecule has 0 aliphatic rings. The van der Waals surface area contributed by atoms with Gasteiger partial charge in [-0.2, -0.15) is 0 Å². The number of benzene rings is 1. The summed E-state index contributed by atoms with van der Waals surface area (Å²) in [7, 11) is 1.67. The fourth-order valence-electron chi connectivity index (χ4n) is 1.01. The molecule has 1 aromatic rings. The van der Waals surface area contributed by atoms with Crippen LogP contribution in [0.3, 0.4) is 0 Å². The first-order valence-corrected chi connectivity index (χ1v) is 4.05. The molecule has 1 aromatic carbocycles. The maximum absolute atomic E-state index is 9.99. The zero-order valence-electron chi connectivity index (χ0n) is 7.53. The third kappa shape index (κ3) is 3.25. The Labute approximate surface area is 77.3 Å². The van der Waals surface area contributed by atoms with Crippen molar-refractivity contribution in [3.05, 3.63) is 29.8 Å². The Morgan fingerprint density at radius 1 is 1.31 bits per heavy atom. The predicted molar refractivity (Wildman–Crippen MR) is 48.7 cm³/mol. The molecular weight excluding hydrogens is 168 g/mol. The molecule has 0 radical (unpaired) electrons. The maximum Gasteiger partial charge on any atom is 0.298 e. The van der Waals surface area contributed by atoms with Crippen LogP contribution in [0.5, 0.6) is 5.75 Å². The average Bonchev–Trinajstić information content (AvgIpc) is 2.17. The fraction of sp³-hybridized carbons (Fsp3) is 0.300. The van der Waals surface area contributed by atoms with Crippen molar-refractivity contribution in [2.24, 2.45) is 0 Å². The van der Waals surface area contributed by atoms with Gasteiger partial charge in [0.2, 0.25) is 0 Å². The second-order valence-corrected chi connectivity index (χ2v) is 2.60. The summed E-state index contributed by atoms with van der Waals surface area (Å²) in [5.41, 5.74) is 1.17. The molecule has 3 nitrogen and oxygen atoms in total. The standard InChI is InChI=1S/C10H12O3/c1-12-7-6-9-2-4-10(5-3-9)13-8-11/h2-5,8H,6-7H2,1H3.